The van der Waals surface area contributed by atoms with Gasteiger partial charge in [-0.05, 0) is 42.9 Å². The van der Waals surface area contributed by atoms with Crippen molar-refractivity contribution < 1.29 is 0 Å². The molecule has 18 heavy (non-hydrogen) atoms. The molecular weight excluding hydrogens is 294 g/mol. The van der Waals surface area contributed by atoms with Gasteiger partial charge in [-0.2, -0.15) is 0 Å². The van der Waals surface area contributed by atoms with E-state index in [4.69, 9.17) is 0 Å². The standard InChI is InChI=1S/C13H20BrN3O/c1-17(2)8-7-10-15-12(9-5-3-4-6-9)11(14)13(18)16-10/h9H,3-8H2,1-2H3,(H,15,16,18). The van der Waals surface area contributed by atoms with Crippen LogP contribution in [0.15, 0.2) is 9.27 Å². The summed E-state index contributed by atoms with van der Waals surface area (Å²) in [7, 11) is 4.05. The van der Waals surface area contributed by atoms with Crippen molar-refractivity contribution in [3.05, 3.63) is 26.3 Å². The van der Waals surface area contributed by atoms with Crippen LogP contribution in [0.5, 0.6) is 0 Å². The molecule has 100 valence electrons. The molecular formula is C13H20BrN3O. The minimum atomic E-state index is -0.0411. The highest BCUT2D eigenvalue weighted by atomic mass is 79.9. The van der Waals surface area contributed by atoms with Gasteiger partial charge in [0, 0.05) is 18.9 Å². The maximum Gasteiger partial charge on any atom is 0.265 e. The van der Waals surface area contributed by atoms with Crippen LogP contribution in [0.4, 0.5) is 0 Å². The lowest BCUT2D eigenvalue weighted by Crippen LogP contribution is -2.21. The molecule has 5 heteroatoms. The summed E-state index contributed by atoms with van der Waals surface area (Å²) in [6.45, 7) is 0.897. The van der Waals surface area contributed by atoms with Gasteiger partial charge in [0.05, 0.1) is 5.69 Å². The Kier molecular flexibility index (Phi) is 4.56. The Morgan fingerprint density at radius 1 is 1.39 bits per heavy atom. The molecule has 1 aliphatic carbocycles. The van der Waals surface area contributed by atoms with Crippen LogP contribution in [-0.2, 0) is 6.42 Å². The molecule has 2 rings (SSSR count). The fraction of sp³-hybridized carbons (Fsp3) is 0.692. The molecule has 0 unspecified atom stereocenters. The fourth-order valence-electron chi connectivity index (χ4n) is 2.44. The van der Waals surface area contributed by atoms with Gasteiger partial charge in [0.1, 0.15) is 10.3 Å². The summed E-state index contributed by atoms with van der Waals surface area (Å²) in [4.78, 5) is 21.5. The van der Waals surface area contributed by atoms with Gasteiger partial charge in [0.25, 0.3) is 5.56 Å². The van der Waals surface area contributed by atoms with Gasteiger partial charge in [-0.3, -0.25) is 4.79 Å². The monoisotopic (exact) mass is 313 g/mol. The first-order valence-electron chi connectivity index (χ1n) is 6.51. The Labute approximate surface area is 116 Å². The Balaban J connectivity index is 2.24. The summed E-state index contributed by atoms with van der Waals surface area (Å²) >= 11 is 3.39. The maximum absolute atomic E-state index is 11.9. The first-order valence-corrected chi connectivity index (χ1v) is 7.30. The third-order valence-electron chi connectivity index (χ3n) is 3.48. The van der Waals surface area contributed by atoms with Gasteiger partial charge in [0.2, 0.25) is 0 Å². The van der Waals surface area contributed by atoms with Crippen LogP contribution in [-0.4, -0.2) is 35.5 Å². The summed E-state index contributed by atoms with van der Waals surface area (Å²) in [5.74, 6) is 1.26. The minimum Gasteiger partial charge on any atom is -0.310 e. The summed E-state index contributed by atoms with van der Waals surface area (Å²) in [6.07, 6.45) is 5.59. The van der Waals surface area contributed by atoms with Crippen LogP contribution in [0, 0.1) is 0 Å². The van der Waals surface area contributed by atoms with Crippen molar-refractivity contribution in [1.29, 1.82) is 0 Å². The quantitative estimate of drug-likeness (QED) is 0.928. The van der Waals surface area contributed by atoms with Crippen LogP contribution in [0.2, 0.25) is 0 Å². The number of aromatic nitrogens is 2. The van der Waals surface area contributed by atoms with E-state index >= 15 is 0 Å². The molecule has 1 fully saturated rings. The highest BCUT2D eigenvalue weighted by Crippen LogP contribution is 2.35. The third-order valence-corrected chi connectivity index (χ3v) is 4.24. The molecule has 0 amide bonds. The van der Waals surface area contributed by atoms with Crippen molar-refractivity contribution in [2.45, 2.75) is 38.0 Å². The van der Waals surface area contributed by atoms with Crippen LogP contribution < -0.4 is 5.56 Å². The predicted molar refractivity (Wildman–Crippen MR) is 76.0 cm³/mol. The molecule has 0 radical (unpaired) electrons. The molecule has 0 spiro atoms. The van der Waals surface area contributed by atoms with Crippen molar-refractivity contribution in [2.24, 2.45) is 0 Å². The number of hydrogen-bond donors (Lipinski definition) is 1. The number of rotatable bonds is 4. The highest BCUT2D eigenvalue weighted by molar-refractivity contribution is 9.10. The molecule has 1 heterocycles. The molecule has 4 nitrogen and oxygen atoms in total. The molecule has 0 atom stereocenters. The molecule has 1 aromatic rings. The molecule has 1 aromatic heterocycles. The topological polar surface area (TPSA) is 49.0 Å². The zero-order chi connectivity index (χ0) is 13.1. The summed E-state index contributed by atoms with van der Waals surface area (Å²) in [5, 5.41) is 0. The fourth-order valence-corrected chi connectivity index (χ4v) is 2.95. The minimum absolute atomic E-state index is 0.0411. The largest absolute Gasteiger partial charge is 0.310 e. The number of nitrogens with one attached hydrogen (secondary N) is 1. The second kappa shape index (κ2) is 5.97. The zero-order valence-corrected chi connectivity index (χ0v) is 12.6. The van der Waals surface area contributed by atoms with Crippen molar-refractivity contribution in [3.8, 4) is 0 Å². The first-order chi connectivity index (χ1) is 8.58. The predicted octanol–water partition coefficient (Wildman–Crippen LogP) is 2.29. The van der Waals surface area contributed by atoms with Crippen molar-refractivity contribution in [2.75, 3.05) is 20.6 Å². The molecule has 0 saturated heterocycles. The van der Waals surface area contributed by atoms with Gasteiger partial charge in [0.15, 0.2) is 0 Å². The van der Waals surface area contributed by atoms with E-state index in [1.54, 1.807) is 0 Å². The summed E-state index contributed by atoms with van der Waals surface area (Å²) in [5.41, 5.74) is 0.922. The Hall–Kier alpha value is -0.680. The summed E-state index contributed by atoms with van der Waals surface area (Å²) < 4.78 is 0.628. The number of aromatic amines is 1. The van der Waals surface area contributed by atoms with E-state index in [9.17, 15) is 4.79 Å². The summed E-state index contributed by atoms with van der Waals surface area (Å²) in [6, 6.07) is 0. The number of halogens is 1. The third kappa shape index (κ3) is 3.20. The lowest BCUT2D eigenvalue weighted by Gasteiger charge is -2.13. The Bertz CT molecular complexity index is 464. The van der Waals surface area contributed by atoms with Gasteiger partial charge in [-0.25, -0.2) is 4.98 Å². The van der Waals surface area contributed by atoms with Gasteiger partial charge >= 0.3 is 0 Å². The van der Waals surface area contributed by atoms with E-state index in [1.165, 1.54) is 12.8 Å². The second-order valence-corrected chi connectivity index (χ2v) is 6.04. The Morgan fingerprint density at radius 3 is 2.67 bits per heavy atom. The smallest absolute Gasteiger partial charge is 0.265 e. The van der Waals surface area contributed by atoms with Crippen LogP contribution in [0.25, 0.3) is 0 Å². The molecule has 1 N–H and O–H groups in total. The van der Waals surface area contributed by atoms with E-state index in [0.29, 0.717) is 10.4 Å². The molecule has 1 saturated carbocycles. The van der Waals surface area contributed by atoms with Crippen molar-refractivity contribution in [1.82, 2.24) is 14.9 Å². The van der Waals surface area contributed by atoms with E-state index in [1.807, 2.05) is 14.1 Å². The van der Waals surface area contributed by atoms with Gasteiger partial charge in [-0.1, -0.05) is 12.8 Å². The lowest BCUT2D eigenvalue weighted by atomic mass is 10.0. The van der Waals surface area contributed by atoms with E-state index < -0.39 is 0 Å². The highest BCUT2D eigenvalue weighted by Gasteiger charge is 2.22. The lowest BCUT2D eigenvalue weighted by molar-refractivity contribution is 0.408. The zero-order valence-electron chi connectivity index (χ0n) is 11.0. The molecule has 0 aromatic carbocycles. The maximum atomic E-state index is 11.9. The number of hydrogen-bond acceptors (Lipinski definition) is 3. The average Bonchev–Trinajstić information content (AvgIpc) is 2.84. The molecule has 0 bridgehead atoms. The number of nitrogens with zero attached hydrogens (tertiary/aromatic N) is 2. The van der Waals surface area contributed by atoms with Gasteiger partial charge in [-0.15, -0.1) is 0 Å². The van der Waals surface area contributed by atoms with Crippen LogP contribution >= 0.6 is 15.9 Å². The van der Waals surface area contributed by atoms with Gasteiger partial charge < -0.3 is 9.88 Å². The van der Waals surface area contributed by atoms with Crippen molar-refractivity contribution >= 4 is 15.9 Å². The second-order valence-electron chi connectivity index (χ2n) is 5.25. The van der Waals surface area contributed by atoms with E-state index in [-0.39, 0.29) is 5.56 Å². The van der Waals surface area contributed by atoms with E-state index in [0.717, 1.165) is 37.3 Å². The Morgan fingerprint density at radius 2 is 2.06 bits per heavy atom. The number of likely N-dealkylation sites (N-methyl/N-ethyl adjacent to an activating group) is 1. The number of H-pyrrole nitrogens is 1. The normalized spacial score (nSPS) is 16.7. The molecule has 1 aliphatic rings. The first kappa shape index (κ1) is 13.7. The van der Waals surface area contributed by atoms with Crippen LogP contribution in [0.1, 0.15) is 43.1 Å². The average molecular weight is 314 g/mol. The van der Waals surface area contributed by atoms with E-state index in [2.05, 4.69) is 30.8 Å². The van der Waals surface area contributed by atoms with Crippen molar-refractivity contribution in [3.63, 3.8) is 0 Å². The SMILES string of the molecule is CN(C)CCc1nc(C2CCCC2)c(Br)c(=O)[nH]1. The molecule has 0 aliphatic heterocycles. The van der Waals surface area contributed by atoms with Crippen LogP contribution in [0.3, 0.4) is 0 Å².